The highest BCUT2D eigenvalue weighted by Crippen LogP contribution is 2.28. The van der Waals surface area contributed by atoms with Crippen LogP contribution in [0.3, 0.4) is 0 Å². The van der Waals surface area contributed by atoms with Crippen molar-refractivity contribution in [3.63, 3.8) is 0 Å². The number of hydrogen-bond donors (Lipinski definition) is 1. The lowest BCUT2D eigenvalue weighted by Gasteiger charge is -2.22. The van der Waals surface area contributed by atoms with E-state index in [1.54, 1.807) is 7.11 Å². The molecule has 0 aromatic carbocycles. The molecule has 0 saturated heterocycles. The zero-order valence-corrected chi connectivity index (χ0v) is 13.2. The zero-order chi connectivity index (χ0) is 15.2. The molecule has 1 N–H and O–H groups in total. The Balaban J connectivity index is 2.21. The van der Waals surface area contributed by atoms with Gasteiger partial charge < -0.3 is 15.0 Å². The molecule has 1 aliphatic rings. The van der Waals surface area contributed by atoms with Gasteiger partial charge in [0, 0.05) is 38.0 Å². The molecule has 0 bridgehead atoms. The highest BCUT2D eigenvalue weighted by molar-refractivity contribution is 5.95. The van der Waals surface area contributed by atoms with Crippen molar-refractivity contribution in [3.8, 4) is 0 Å². The van der Waals surface area contributed by atoms with Crippen LogP contribution in [0.4, 0.5) is 5.82 Å². The number of carbonyl (C=O) groups excluding carboxylic acids is 1. The van der Waals surface area contributed by atoms with Crippen LogP contribution in [0.1, 0.15) is 42.2 Å². The first-order valence-corrected chi connectivity index (χ1v) is 7.68. The summed E-state index contributed by atoms with van der Waals surface area (Å²) in [5.74, 6) is 0.845. The van der Waals surface area contributed by atoms with E-state index in [-0.39, 0.29) is 5.91 Å². The Kier molecular flexibility index (Phi) is 5.56. The quantitative estimate of drug-likeness (QED) is 0.798. The molecule has 1 fully saturated rings. The molecule has 0 atom stereocenters. The van der Waals surface area contributed by atoms with Gasteiger partial charge in [-0.3, -0.25) is 4.79 Å². The molecule has 21 heavy (non-hydrogen) atoms. The van der Waals surface area contributed by atoms with Crippen molar-refractivity contribution >= 4 is 11.7 Å². The highest BCUT2D eigenvalue weighted by Gasteiger charge is 2.33. The van der Waals surface area contributed by atoms with Gasteiger partial charge in [-0.1, -0.05) is 13.3 Å². The van der Waals surface area contributed by atoms with Gasteiger partial charge in [-0.25, -0.2) is 4.98 Å². The van der Waals surface area contributed by atoms with Gasteiger partial charge in [0.1, 0.15) is 5.82 Å². The van der Waals surface area contributed by atoms with Crippen LogP contribution in [0.2, 0.25) is 0 Å². The maximum absolute atomic E-state index is 12.8. The van der Waals surface area contributed by atoms with Crippen molar-refractivity contribution in [2.45, 2.75) is 38.6 Å². The van der Waals surface area contributed by atoms with Gasteiger partial charge in [-0.2, -0.15) is 0 Å². The first-order valence-electron chi connectivity index (χ1n) is 7.68. The number of aromatic nitrogens is 1. The molecule has 5 nitrogen and oxygen atoms in total. The van der Waals surface area contributed by atoms with Crippen LogP contribution in [0.15, 0.2) is 12.1 Å². The fourth-order valence-electron chi connectivity index (χ4n) is 2.42. The van der Waals surface area contributed by atoms with E-state index in [4.69, 9.17) is 4.74 Å². The topological polar surface area (TPSA) is 54.5 Å². The van der Waals surface area contributed by atoms with Crippen LogP contribution in [0.5, 0.6) is 0 Å². The summed E-state index contributed by atoms with van der Waals surface area (Å²) >= 11 is 0. The van der Waals surface area contributed by atoms with Crippen LogP contribution in [-0.2, 0) is 11.2 Å². The third-order valence-electron chi connectivity index (χ3n) is 3.67. The number of aryl methyl sites for hydroxylation is 1. The van der Waals surface area contributed by atoms with Crippen LogP contribution < -0.4 is 5.32 Å². The molecule has 1 aliphatic carbocycles. The minimum atomic E-state index is 0.0887. The maximum Gasteiger partial charge on any atom is 0.254 e. The molecule has 0 radical (unpaired) electrons. The SMILES string of the molecule is CCCc1cc(C(=O)N(CCOC)C2CC2)cc(NC)n1. The first kappa shape index (κ1) is 15.8. The monoisotopic (exact) mass is 291 g/mol. The molecule has 0 spiro atoms. The largest absolute Gasteiger partial charge is 0.383 e. The third-order valence-corrected chi connectivity index (χ3v) is 3.67. The van der Waals surface area contributed by atoms with Gasteiger partial charge in [0.15, 0.2) is 0 Å². The number of carbonyl (C=O) groups is 1. The van der Waals surface area contributed by atoms with Crippen LogP contribution in [0, 0.1) is 0 Å². The summed E-state index contributed by atoms with van der Waals surface area (Å²) in [6, 6.07) is 4.15. The van der Waals surface area contributed by atoms with E-state index in [1.165, 1.54) is 0 Å². The third kappa shape index (κ3) is 4.17. The van der Waals surface area contributed by atoms with Gasteiger partial charge in [0.25, 0.3) is 5.91 Å². The molecule has 0 aliphatic heterocycles. The number of anilines is 1. The van der Waals surface area contributed by atoms with Gasteiger partial charge in [0.05, 0.1) is 6.61 Å². The van der Waals surface area contributed by atoms with E-state index in [0.717, 1.165) is 42.8 Å². The van der Waals surface area contributed by atoms with Crippen molar-refractivity contribution in [1.82, 2.24) is 9.88 Å². The molecule has 2 rings (SSSR count). The molecule has 1 aromatic heterocycles. The number of rotatable bonds is 8. The molecular weight excluding hydrogens is 266 g/mol. The van der Waals surface area contributed by atoms with E-state index in [1.807, 2.05) is 24.1 Å². The van der Waals surface area contributed by atoms with Gasteiger partial charge in [0.2, 0.25) is 0 Å². The molecule has 1 aromatic rings. The van der Waals surface area contributed by atoms with Crippen LogP contribution in [-0.4, -0.2) is 49.1 Å². The highest BCUT2D eigenvalue weighted by atomic mass is 16.5. The average molecular weight is 291 g/mol. The lowest BCUT2D eigenvalue weighted by atomic mass is 10.1. The van der Waals surface area contributed by atoms with Crippen LogP contribution in [0.25, 0.3) is 0 Å². The zero-order valence-electron chi connectivity index (χ0n) is 13.2. The minimum Gasteiger partial charge on any atom is -0.383 e. The van der Waals surface area contributed by atoms with E-state index in [0.29, 0.717) is 19.2 Å². The molecular formula is C16H25N3O2. The lowest BCUT2D eigenvalue weighted by molar-refractivity contribution is 0.0680. The summed E-state index contributed by atoms with van der Waals surface area (Å²) in [7, 11) is 3.50. The van der Waals surface area contributed by atoms with Gasteiger partial charge in [-0.05, 0) is 31.4 Å². The normalized spacial score (nSPS) is 14.0. The number of pyridine rings is 1. The second-order valence-corrected chi connectivity index (χ2v) is 5.45. The Morgan fingerprint density at radius 1 is 1.48 bits per heavy atom. The predicted octanol–water partition coefficient (Wildman–Crippen LogP) is 2.33. The summed E-state index contributed by atoms with van der Waals surface area (Å²) < 4.78 is 5.12. The Morgan fingerprint density at radius 3 is 2.81 bits per heavy atom. The number of methoxy groups -OCH3 is 1. The molecule has 0 unspecified atom stereocenters. The van der Waals surface area contributed by atoms with E-state index in [2.05, 4.69) is 17.2 Å². The molecule has 1 amide bonds. The van der Waals surface area contributed by atoms with Crippen LogP contribution >= 0.6 is 0 Å². The van der Waals surface area contributed by atoms with Crippen molar-refractivity contribution in [3.05, 3.63) is 23.4 Å². The Hall–Kier alpha value is -1.62. The second kappa shape index (κ2) is 7.41. The Bertz CT molecular complexity index is 486. The minimum absolute atomic E-state index is 0.0887. The van der Waals surface area contributed by atoms with Gasteiger partial charge >= 0.3 is 0 Å². The number of amides is 1. The van der Waals surface area contributed by atoms with Crippen molar-refractivity contribution in [1.29, 1.82) is 0 Å². The molecule has 116 valence electrons. The summed E-state index contributed by atoms with van der Waals surface area (Å²) in [4.78, 5) is 19.2. The first-order chi connectivity index (χ1) is 10.2. The summed E-state index contributed by atoms with van der Waals surface area (Å²) in [5.41, 5.74) is 1.69. The van der Waals surface area contributed by atoms with E-state index < -0.39 is 0 Å². The summed E-state index contributed by atoms with van der Waals surface area (Å²) in [5, 5.41) is 3.04. The molecule has 5 heteroatoms. The average Bonchev–Trinajstić information content (AvgIpc) is 3.32. The van der Waals surface area contributed by atoms with E-state index >= 15 is 0 Å². The number of hydrogen-bond acceptors (Lipinski definition) is 4. The summed E-state index contributed by atoms with van der Waals surface area (Å²) in [6.07, 6.45) is 4.10. The van der Waals surface area contributed by atoms with E-state index in [9.17, 15) is 4.79 Å². The lowest BCUT2D eigenvalue weighted by Crippen LogP contribution is -2.36. The number of nitrogens with one attached hydrogen (secondary N) is 1. The Morgan fingerprint density at radius 2 is 2.24 bits per heavy atom. The van der Waals surface area contributed by atoms with Gasteiger partial charge in [-0.15, -0.1) is 0 Å². The smallest absolute Gasteiger partial charge is 0.254 e. The van der Waals surface area contributed by atoms with Crippen molar-refractivity contribution < 1.29 is 9.53 Å². The van der Waals surface area contributed by atoms with Crippen molar-refractivity contribution in [2.75, 3.05) is 32.6 Å². The molecule has 1 saturated carbocycles. The number of nitrogens with zero attached hydrogens (tertiary/aromatic N) is 2. The maximum atomic E-state index is 12.8. The fraction of sp³-hybridized carbons (Fsp3) is 0.625. The summed E-state index contributed by atoms with van der Waals surface area (Å²) in [6.45, 7) is 3.35. The second-order valence-electron chi connectivity index (χ2n) is 5.45. The fourth-order valence-corrected chi connectivity index (χ4v) is 2.42. The number of ether oxygens (including phenoxy) is 1. The van der Waals surface area contributed by atoms with Crippen molar-refractivity contribution in [2.24, 2.45) is 0 Å². The molecule has 1 heterocycles. The predicted molar refractivity (Wildman–Crippen MR) is 83.7 cm³/mol. The standard InChI is InChI=1S/C16H25N3O2/c1-4-5-13-10-12(11-15(17-2)18-13)16(20)19(8-9-21-3)14-6-7-14/h10-11,14H,4-9H2,1-3H3,(H,17,18). The Labute approximate surface area is 126 Å².